The lowest BCUT2D eigenvalue weighted by Gasteiger charge is -2.06. The number of hydrogen-bond acceptors (Lipinski definition) is 2. The minimum Gasteiger partial charge on any atom is -0.329 e. The fraction of sp³-hybridized carbons (Fsp3) is 0.250. The molecule has 4 N–H and O–H groups in total. The van der Waals surface area contributed by atoms with E-state index in [1.165, 1.54) is 0 Å². The molecule has 0 aromatic heterocycles. The molecule has 0 spiro atoms. The van der Waals surface area contributed by atoms with Crippen molar-refractivity contribution in [1.82, 2.24) is 0 Å². The van der Waals surface area contributed by atoms with Gasteiger partial charge in [-0.05, 0) is 5.56 Å². The minimum atomic E-state index is -0.0128. The van der Waals surface area contributed by atoms with E-state index in [9.17, 15) is 0 Å². The molecule has 11 heavy (non-hydrogen) atoms. The van der Waals surface area contributed by atoms with Crippen molar-refractivity contribution < 1.29 is 0 Å². The van der Waals surface area contributed by atoms with Crippen molar-refractivity contribution in [3.8, 4) is 0 Å². The fourth-order valence-corrected chi connectivity index (χ4v) is 0.836. The lowest BCUT2D eigenvalue weighted by molar-refractivity contribution is 0.737. The Hall–Kier alpha value is -0.570. The van der Waals surface area contributed by atoms with Gasteiger partial charge in [-0.2, -0.15) is 0 Å². The van der Waals surface area contributed by atoms with Crippen molar-refractivity contribution in [2.75, 3.05) is 6.54 Å². The van der Waals surface area contributed by atoms with Gasteiger partial charge in [0.2, 0.25) is 0 Å². The van der Waals surface area contributed by atoms with E-state index in [0.29, 0.717) is 6.54 Å². The molecule has 1 aromatic carbocycles. The molecule has 0 amide bonds. The van der Waals surface area contributed by atoms with Crippen LogP contribution < -0.4 is 11.5 Å². The average molecular weight is 173 g/mol. The van der Waals surface area contributed by atoms with Gasteiger partial charge in [-0.25, -0.2) is 0 Å². The smallest absolute Gasteiger partial charge is 0.0419 e. The molecule has 1 aromatic rings. The van der Waals surface area contributed by atoms with Crippen molar-refractivity contribution >= 4 is 12.4 Å². The summed E-state index contributed by atoms with van der Waals surface area (Å²) in [4.78, 5) is 0. The molecule has 0 aliphatic heterocycles. The Labute approximate surface area is 73.0 Å². The van der Waals surface area contributed by atoms with E-state index < -0.39 is 0 Å². The van der Waals surface area contributed by atoms with Crippen molar-refractivity contribution in [3.05, 3.63) is 35.9 Å². The van der Waals surface area contributed by atoms with E-state index in [4.69, 9.17) is 11.5 Å². The standard InChI is InChI=1S/C8H12N2.ClH/c9-6-8(10)7-4-2-1-3-5-7;/h1-5,8H,6,9-10H2;1H. The first-order chi connectivity index (χ1) is 4.84. The van der Waals surface area contributed by atoms with Crippen molar-refractivity contribution in [3.63, 3.8) is 0 Å². The van der Waals surface area contributed by atoms with Crippen molar-refractivity contribution in [1.29, 1.82) is 0 Å². The SMILES string of the molecule is Cl.NCC(N)c1ccccc1. The Balaban J connectivity index is 0.000001000. The van der Waals surface area contributed by atoms with E-state index in [1.807, 2.05) is 30.3 Å². The molecule has 0 aliphatic carbocycles. The van der Waals surface area contributed by atoms with E-state index in [-0.39, 0.29) is 18.4 Å². The zero-order valence-electron chi connectivity index (χ0n) is 6.23. The molecular weight excluding hydrogens is 160 g/mol. The van der Waals surface area contributed by atoms with Crippen LogP contribution in [0.4, 0.5) is 0 Å². The first-order valence-electron chi connectivity index (χ1n) is 3.35. The number of rotatable bonds is 2. The summed E-state index contributed by atoms with van der Waals surface area (Å²) in [5.41, 5.74) is 12.2. The summed E-state index contributed by atoms with van der Waals surface area (Å²) in [6, 6.07) is 9.85. The van der Waals surface area contributed by atoms with Gasteiger partial charge in [0, 0.05) is 12.6 Å². The highest BCUT2D eigenvalue weighted by molar-refractivity contribution is 5.85. The van der Waals surface area contributed by atoms with E-state index in [2.05, 4.69) is 0 Å². The molecule has 0 fully saturated rings. The van der Waals surface area contributed by atoms with Gasteiger partial charge >= 0.3 is 0 Å². The van der Waals surface area contributed by atoms with Gasteiger partial charge < -0.3 is 11.5 Å². The second-order valence-electron chi connectivity index (χ2n) is 2.25. The minimum absolute atomic E-state index is 0. The molecule has 3 heteroatoms. The Kier molecular flexibility index (Phi) is 4.86. The molecule has 0 radical (unpaired) electrons. The number of nitrogens with two attached hydrogens (primary N) is 2. The van der Waals surface area contributed by atoms with Gasteiger partial charge in [0.05, 0.1) is 0 Å². The van der Waals surface area contributed by atoms with Crippen LogP contribution >= 0.6 is 12.4 Å². The lowest BCUT2D eigenvalue weighted by Crippen LogP contribution is -2.20. The molecule has 1 rings (SSSR count). The van der Waals surface area contributed by atoms with Crippen molar-refractivity contribution in [2.45, 2.75) is 6.04 Å². The number of hydrogen-bond donors (Lipinski definition) is 2. The highest BCUT2D eigenvalue weighted by Crippen LogP contribution is 2.06. The molecule has 0 aliphatic rings. The maximum atomic E-state index is 5.67. The summed E-state index contributed by atoms with van der Waals surface area (Å²) >= 11 is 0. The highest BCUT2D eigenvalue weighted by atomic mass is 35.5. The molecule has 62 valence electrons. The van der Waals surface area contributed by atoms with E-state index in [0.717, 1.165) is 5.56 Å². The molecule has 0 saturated heterocycles. The summed E-state index contributed by atoms with van der Waals surface area (Å²) in [6.45, 7) is 0.504. The van der Waals surface area contributed by atoms with Crippen LogP contribution in [0.3, 0.4) is 0 Å². The average Bonchev–Trinajstić information content (AvgIpc) is 2.05. The van der Waals surface area contributed by atoms with Gasteiger partial charge in [0.25, 0.3) is 0 Å². The van der Waals surface area contributed by atoms with Gasteiger partial charge in [-0.15, -0.1) is 12.4 Å². The summed E-state index contributed by atoms with van der Waals surface area (Å²) in [5.74, 6) is 0. The largest absolute Gasteiger partial charge is 0.329 e. The van der Waals surface area contributed by atoms with Gasteiger partial charge in [0.1, 0.15) is 0 Å². The van der Waals surface area contributed by atoms with E-state index >= 15 is 0 Å². The molecule has 2 nitrogen and oxygen atoms in total. The fourth-order valence-electron chi connectivity index (χ4n) is 0.836. The van der Waals surface area contributed by atoms with Crippen LogP contribution in [0.25, 0.3) is 0 Å². The third-order valence-electron chi connectivity index (χ3n) is 1.48. The third kappa shape index (κ3) is 2.89. The zero-order chi connectivity index (χ0) is 7.40. The highest BCUT2D eigenvalue weighted by Gasteiger charge is 1.99. The van der Waals surface area contributed by atoms with Crippen LogP contribution in [0.1, 0.15) is 11.6 Å². The maximum absolute atomic E-state index is 5.67. The summed E-state index contributed by atoms with van der Waals surface area (Å²) in [6.07, 6.45) is 0. The first kappa shape index (κ1) is 10.4. The molecule has 0 saturated carbocycles. The summed E-state index contributed by atoms with van der Waals surface area (Å²) in [5, 5.41) is 0. The molecular formula is C8H13ClN2. The van der Waals surface area contributed by atoms with Crippen LogP contribution in [-0.2, 0) is 0 Å². The quantitative estimate of drug-likeness (QED) is 0.701. The monoisotopic (exact) mass is 172 g/mol. The Morgan fingerprint density at radius 3 is 2.18 bits per heavy atom. The molecule has 0 bridgehead atoms. The Morgan fingerprint density at radius 2 is 1.73 bits per heavy atom. The lowest BCUT2D eigenvalue weighted by atomic mass is 10.1. The van der Waals surface area contributed by atoms with Gasteiger partial charge in [-0.1, -0.05) is 30.3 Å². The van der Waals surface area contributed by atoms with Gasteiger partial charge in [-0.3, -0.25) is 0 Å². The van der Waals surface area contributed by atoms with Crippen LogP contribution in [0.15, 0.2) is 30.3 Å². The predicted octanol–water partition coefficient (Wildman–Crippen LogP) is 1.07. The maximum Gasteiger partial charge on any atom is 0.0419 e. The molecule has 1 atom stereocenters. The van der Waals surface area contributed by atoms with Crippen LogP contribution in [0.5, 0.6) is 0 Å². The topological polar surface area (TPSA) is 52.0 Å². The molecule has 0 heterocycles. The third-order valence-corrected chi connectivity index (χ3v) is 1.48. The van der Waals surface area contributed by atoms with Gasteiger partial charge in [0.15, 0.2) is 0 Å². The van der Waals surface area contributed by atoms with Crippen molar-refractivity contribution in [2.24, 2.45) is 11.5 Å². The first-order valence-corrected chi connectivity index (χ1v) is 3.35. The number of benzene rings is 1. The second kappa shape index (κ2) is 5.13. The van der Waals surface area contributed by atoms with Crippen LogP contribution in [0.2, 0.25) is 0 Å². The molecule has 1 unspecified atom stereocenters. The van der Waals surface area contributed by atoms with Crippen LogP contribution in [-0.4, -0.2) is 6.54 Å². The second-order valence-corrected chi connectivity index (χ2v) is 2.25. The van der Waals surface area contributed by atoms with Crippen LogP contribution in [0, 0.1) is 0 Å². The summed E-state index contributed by atoms with van der Waals surface area (Å²) < 4.78 is 0. The zero-order valence-corrected chi connectivity index (χ0v) is 7.05. The normalized spacial score (nSPS) is 11.8. The van der Waals surface area contributed by atoms with E-state index in [1.54, 1.807) is 0 Å². The summed E-state index contributed by atoms with van der Waals surface area (Å²) in [7, 11) is 0. The number of halogens is 1. The Bertz CT molecular complexity index is 189. The predicted molar refractivity (Wildman–Crippen MR) is 49.7 cm³/mol. The Morgan fingerprint density at radius 1 is 1.18 bits per heavy atom.